The summed E-state index contributed by atoms with van der Waals surface area (Å²) in [6, 6.07) is 0.0805. The molecule has 1 fully saturated rings. The molecule has 0 heterocycles. The molecular formula is C12H24ClNO2S. The van der Waals surface area contributed by atoms with Crippen LogP contribution in [0.4, 0.5) is 0 Å². The van der Waals surface area contributed by atoms with Crippen LogP contribution in [0.15, 0.2) is 0 Å². The normalized spacial score (nSPS) is 27.1. The second kappa shape index (κ2) is 5.89. The highest BCUT2D eigenvalue weighted by Crippen LogP contribution is 2.38. The van der Waals surface area contributed by atoms with Gasteiger partial charge in [-0.2, -0.15) is 0 Å². The summed E-state index contributed by atoms with van der Waals surface area (Å²) >= 11 is 5.51. The highest BCUT2D eigenvalue weighted by molar-refractivity contribution is 7.89. The van der Waals surface area contributed by atoms with Gasteiger partial charge in [-0.05, 0) is 24.2 Å². The minimum absolute atomic E-state index is 0.0158. The van der Waals surface area contributed by atoms with Crippen LogP contribution >= 0.6 is 11.6 Å². The summed E-state index contributed by atoms with van der Waals surface area (Å²) in [7, 11) is -3.21. The van der Waals surface area contributed by atoms with Crippen LogP contribution in [0.2, 0.25) is 0 Å². The van der Waals surface area contributed by atoms with Gasteiger partial charge < -0.3 is 0 Å². The van der Waals surface area contributed by atoms with Gasteiger partial charge in [0, 0.05) is 11.9 Å². The Labute approximate surface area is 110 Å². The van der Waals surface area contributed by atoms with E-state index in [1.807, 2.05) is 0 Å². The van der Waals surface area contributed by atoms with Crippen LogP contribution in [-0.4, -0.2) is 26.1 Å². The van der Waals surface area contributed by atoms with E-state index in [1.165, 1.54) is 6.42 Å². The Morgan fingerprint density at radius 1 is 1.24 bits per heavy atom. The third kappa shape index (κ3) is 4.76. The number of rotatable bonds is 4. The fourth-order valence-corrected chi connectivity index (χ4v) is 4.37. The van der Waals surface area contributed by atoms with Gasteiger partial charge in [-0.1, -0.05) is 33.6 Å². The molecule has 1 aliphatic carbocycles. The van der Waals surface area contributed by atoms with E-state index < -0.39 is 10.0 Å². The number of alkyl halides is 1. The number of hydrogen-bond acceptors (Lipinski definition) is 2. The largest absolute Gasteiger partial charge is 0.213 e. The molecule has 1 aliphatic rings. The van der Waals surface area contributed by atoms with E-state index in [2.05, 4.69) is 25.5 Å². The highest BCUT2D eigenvalue weighted by Gasteiger charge is 2.35. The Balaban J connectivity index is 2.73. The maximum Gasteiger partial charge on any atom is 0.213 e. The average Bonchev–Trinajstić information content (AvgIpc) is 2.15. The van der Waals surface area contributed by atoms with Gasteiger partial charge in [-0.25, -0.2) is 13.1 Å². The molecule has 0 radical (unpaired) electrons. The first kappa shape index (κ1) is 15.3. The third-order valence-corrected chi connectivity index (χ3v) is 5.37. The van der Waals surface area contributed by atoms with Crippen molar-refractivity contribution < 1.29 is 8.42 Å². The molecule has 0 aromatic rings. The Morgan fingerprint density at radius 2 is 1.82 bits per heavy atom. The zero-order valence-corrected chi connectivity index (χ0v) is 12.6. The van der Waals surface area contributed by atoms with Gasteiger partial charge in [0.05, 0.1) is 5.75 Å². The first-order chi connectivity index (χ1) is 7.76. The Morgan fingerprint density at radius 3 is 2.35 bits per heavy atom. The molecule has 0 amide bonds. The van der Waals surface area contributed by atoms with Gasteiger partial charge in [-0.15, -0.1) is 11.6 Å². The SMILES string of the molecule is CC(C)(C)C1CCCCC1NS(=O)(=O)CCCl. The minimum Gasteiger partial charge on any atom is -0.212 e. The third-order valence-electron chi connectivity index (χ3n) is 3.56. The van der Waals surface area contributed by atoms with E-state index in [0.29, 0.717) is 5.92 Å². The fourth-order valence-electron chi connectivity index (χ4n) is 2.70. The molecule has 0 spiro atoms. The molecular weight excluding hydrogens is 258 g/mol. The molecule has 17 heavy (non-hydrogen) atoms. The van der Waals surface area contributed by atoms with Crippen LogP contribution < -0.4 is 4.72 Å². The zero-order chi connectivity index (χ0) is 13.1. The molecule has 1 N–H and O–H groups in total. The molecule has 5 heteroatoms. The minimum atomic E-state index is -3.21. The first-order valence-corrected chi connectivity index (χ1v) is 8.51. The molecule has 2 atom stereocenters. The molecule has 0 saturated heterocycles. The number of sulfonamides is 1. The lowest BCUT2D eigenvalue weighted by molar-refractivity contribution is 0.144. The van der Waals surface area contributed by atoms with Crippen LogP contribution in [0.1, 0.15) is 46.5 Å². The molecule has 1 saturated carbocycles. The van der Waals surface area contributed by atoms with Gasteiger partial charge in [0.25, 0.3) is 0 Å². The predicted molar refractivity (Wildman–Crippen MR) is 72.8 cm³/mol. The monoisotopic (exact) mass is 281 g/mol. The van der Waals surface area contributed by atoms with E-state index in [1.54, 1.807) is 0 Å². The number of halogens is 1. The van der Waals surface area contributed by atoms with Crippen molar-refractivity contribution in [3.63, 3.8) is 0 Å². The van der Waals surface area contributed by atoms with Crippen molar-refractivity contribution in [3.05, 3.63) is 0 Å². The second-order valence-corrected chi connectivity index (χ2v) is 8.24. The van der Waals surface area contributed by atoms with Crippen molar-refractivity contribution in [2.24, 2.45) is 11.3 Å². The molecule has 1 rings (SSSR count). The van der Waals surface area contributed by atoms with Crippen molar-refractivity contribution in [3.8, 4) is 0 Å². The van der Waals surface area contributed by atoms with Gasteiger partial charge in [-0.3, -0.25) is 0 Å². The maximum absolute atomic E-state index is 11.8. The summed E-state index contributed by atoms with van der Waals surface area (Å²) in [5, 5.41) is 0. The topological polar surface area (TPSA) is 46.2 Å². The van der Waals surface area contributed by atoms with Gasteiger partial charge in [0.1, 0.15) is 0 Å². The summed E-state index contributed by atoms with van der Waals surface area (Å²) < 4.78 is 26.4. The van der Waals surface area contributed by atoms with Gasteiger partial charge >= 0.3 is 0 Å². The average molecular weight is 282 g/mol. The van der Waals surface area contributed by atoms with E-state index in [4.69, 9.17) is 11.6 Å². The van der Waals surface area contributed by atoms with Crippen LogP contribution in [0.25, 0.3) is 0 Å². The molecule has 3 nitrogen and oxygen atoms in total. The standard InChI is InChI=1S/C12H24ClNO2S/c1-12(2,3)10-6-4-5-7-11(10)14-17(15,16)9-8-13/h10-11,14H,4-9H2,1-3H3. The van der Waals surface area contributed by atoms with Crippen LogP contribution in [0, 0.1) is 11.3 Å². The van der Waals surface area contributed by atoms with E-state index in [0.717, 1.165) is 19.3 Å². The lowest BCUT2D eigenvalue weighted by atomic mass is 9.70. The maximum atomic E-state index is 11.8. The lowest BCUT2D eigenvalue weighted by Gasteiger charge is -2.40. The Hall–Kier alpha value is 0.200. The van der Waals surface area contributed by atoms with Crippen molar-refractivity contribution >= 4 is 21.6 Å². The summed E-state index contributed by atoms with van der Waals surface area (Å²) in [4.78, 5) is 0. The van der Waals surface area contributed by atoms with Crippen molar-refractivity contribution in [1.82, 2.24) is 4.72 Å². The summed E-state index contributed by atoms with van der Waals surface area (Å²) in [5.41, 5.74) is 0.147. The molecule has 102 valence electrons. The van der Waals surface area contributed by atoms with Crippen molar-refractivity contribution in [2.75, 3.05) is 11.6 Å². The van der Waals surface area contributed by atoms with Gasteiger partial charge in [0.2, 0.25) is 10.0 Å². The summed E-state index contributed by atoms with van der Waals surface area (Å²) in [5.74, 6) is 0.589. The smallest absolute Gasteiger partial charge is 0.212 e. The summed E-state index contributed by atoms with van der Waals surface area (Å²) in [6.07, 6.45) is 4.37. The van der Waals surface area contributed by atoms with Crippen molar-refractivity contribution in [2.45, 2.75) is 52.5 Å². The van der Waals surface area contributed by atoms with E-state index >= 15 is 0 Å². The molecule has 0 aromatic heterocycles. The second-order valence-electron chi connectivity index (χ2n) is 5.99. The summed E-state index contributed by atoms with van der Waals surface area (Å²) in [6.45, 7) is 6.56. The zero-order valence-electron chi connectivity index (χ0n) is 11.0. The van der Waals surface area contributed by atoms with Crippen LogP contribution in [-0.2, 0) is 10.0 Å². The first-order valence-electron chi connectivity index (χ1n) is 6.32. The van der Waals surface area contributed by atoms with Gasteiger partial charge in [0.15, 0.2) is 0 Å². The van der Waals surface area contributed by atoms with E-state index in [-0.39, 0.29) is 23.1 Å². The predicted octanol–water partition coefficient (Wildman–Crippen LogP) is 2.75. The fraction of sp³-hybridized carbons (Fsp3) is 1.00. The quantitative estimate of drug-likeness (QED) is 0.806. The van der Waals surface area contributed by atoms with Crippen LogP contribution in [0.5, 0.6) is 0 Å². The number of nitrogens with one attached hydrogen (secondary N) is 1. The van der Waals surface area contributed by atoms with E-state index in [9.17, 15) is 8.42 Å². The molecule has 2 unspecified atom stereocenters. The Kier molecular flexibility index (Phi) is 5.29. The highest BCUT2D eigenvalue weighted by atomic mass is 35.5. The molecule has 0 aliphatic heterocycles. The van der Waals surface area contributed by atoms with Crippen LogP contribution in [0.3, 0.4) is 0 Å². The molecule has 0 aromatic carbocycles. The number of hydrogen-bond donors (Lipinski definition) is 1. The van der Waals surface area contributed by atoms with Crippen molar-refractivity contribution in [1.29, 1.82) is 0 Å². The Bertz CT molecular complexity index is 335. The lowest BCUT2D eigenvalue weighted by Crippen LogP contribution is -2.47. The molecule has 0 bridgehead atoms.